The van der Waals surface area contributed by atoms with E-state index in [0.717, 1.165) is 47.0 Å². The van der Waals surface area contributed by atoms with E-state index in [1.165, 1.54) is 17.7 Å². The van der Waals surface area contributed by atoms with Crippen LogP contribution < -0.4 is 5.73 Å². The molecule has 3 heterocycles. The molecule has 0 aliphatic carbocycles. The summed E-state index contributed by atoms with van der Waals surface area (Å²) in [6.45, 7) is 5.42. The summed E-state index contributed by atoms with van der Waals surface area (Å²) in [5.41, 5.74) is 12.1. The van der Waals surface area contributed by atoms with Crippen LogP contribution in [0.5, 0.6) is 0 Å². The largest absolute Gasteiger partial charge is 0.399 e. The zero-order chi connectivity index (χ0) is 22.1. The van der Waals surface area contributed by atoms with Gasteiger partial charge in [-0.2, -0.15) is 5.10 Å². The van der Waals surface area contributed by atoms with Gasteiger partial charge in [-0.05, 0) is 60.5 Å². The van der Waals surface area contributed by atoms with E-state index in [1.807, 2.05) is 48.8 Å². The maximum atomic E-state index is 13.4. The molecule has 3 N–H and O–H groups in total. The number of benzene rings is 2. The van der Waals surface area contributed by atoms with Crippen molar-refractivity contribution in [3.05, 3.63) is 102 Å². The predicted octanol–water partition coefficient (Wildman–Crippen LogP) is 4.68. The van der Waals surface area contributed by atoms with E-state index >= 15 is 0 Å². The van der Waals surface area contributed by atoms with Crippen molar-refractivity contribution in [1.82, 2.24) is 19.7 Å². The van der Waals surface area contributed by atoms with Crippen molar-refractivity contribution in [3.8, 4) is 17.1 Å². The fourth-order valence-electron chi connectivity index (χ4n) is 3.96. The van der Waals surface area contributed by atoms with E-state index in [1.54, 1.807) is 16.8 Å². The highest BCUT2D eigenvalue weighted by Gasteiger charge is 2.33. The minimum atomic E-state index is -0.316. The molecule has 1 atom stereocenters. The summed E-state index contributed by atoms with van der Waals surface area (Å²) in [7, 11) is 0. The van der Waals surface area contributed by atoms with Crippen molar-refractivity contribution in [1.29, 1.82) is 0 Å². The predicted molar refractivity (Wildman–Crippen MR) is 122 cm³/mol. The van der Waals surface area contributed by atoms with Crippen molar-refractivity contribution in [2.45, 2.75) is 12.6 Å². The second-order valence-electron chi connectivity index (χ2n) is 7.85. The van der Waals surface area contributed by atoms with Gasteiger partial charge in [-0.3, -0.25) is 0 Å². The van der Waals surface area contributed by atoms with Crippen molar-refractivity contribution < 1.29 is 9.13 Å². The van der Waals surface area contributed by atoms with Gasteiger partial charge in [-0.15, -0.1) is 0 Å². The topological polar surface area (TPSA) is 72.1 Å². The lowest BCUT2D eigenvalue weighted by atomic mass is 10.1. The Balaban J connectivity index is 1.48. The van der Waals surface area contributed by atoms with Crippen LogP contribution in [0.3, 0.4) is 0 Å². The van der Waals surface area contributed by atoms with Crippen LogP contribution in [0.25, 0.3) is 17.1 Å². The first kappa shape index (κ1) is 20.1. The number of ether oxygens (including phenoxy) is 1. The normalized spacial score (nSPS) is 16.1. The number of H-pyrrole nitrogens is 1. The molecule has 2 aromatic heterocycles. The Morgan fingerprint density at radius 3 is 2.62 bits per heavy atom. The number of hydrogen-bond acceptors (Lipinski definition) is 4. The summed E-state index contributed by atoms with van der Waals surface area (Å²) in [6.07, 6.45) is 4.33. The SMILES string of the molecule is C=C1COC(c2cn(-c3ccc(F)cc3)nc2-c2ccc[nH]2)N1CCc1ccc(N)cc1. The quantitative estimate of drug-likeness (QED) is 0.437. The van der Waals surface area contributed by atoms with Crippen LogP contribution in [0.1, 0.15) is 17.4 Å². The van der Waals surface area contributed by atoms with Gasteiger partial charge in [-0.25, -0.2) is 9.07 Å². The number of aromatic amines is 1. The highest BCUT2D eigenvalue weighted by atomic mass is 19.1. The van der Waals surface area contributed by atoms with Crippen molar-refractivity contribution in [2.24, 2.45) is 0 Å². The highest BCUT2D eigenvalue weighted by molar-refractivity contribution is 5.60. The Morgan fingerprint density at radius 2 is 1.91 bits per heavy atom. The lowest BCUT2D eigenvalue weighted by molar-refractivity contribution is 0.0356. The number of nitrogens with two attached hydrogens (primary N) is 1. The fraction of sp³-hybridized carbons (Fsp3) is 0.160. The number of aromatic nitrogens is 3. The smallest absolute Gasteiger partial charge is 0.160 e. The van der Waals surface area contributed by atoms with E-state index < -0.39 is 0 Å². The molecule has 7 heteroatoms. The Bertz CT molecular complexity index is 1210. The number of rotatable bonds is 6. The summed E-state index contributed by atoms with van der Waals surface area (Å²) in [4.78, 5) is 5.41. The van der Waals surface area contributed by atoms with Gasteiger partial charge in [0.2, 0.25) is 0 Å². The average molecular weight is 429 g/mol. The monoisotopic (exact) mass is 429 g/mol. The van der Waals surface area contributed by atoms with Crippen LogP contribution in [-0.2, 0) is 11.2 Å². The lowest BCUT2D eigenvalue weighted by Crippen LogP contribution is -2.25. The molecule has 1 fully saturated rings. The number of hydrogen-bond donors (Lipinski definition) is 2. The molecule has 2 aromatic carbocycles. The van der Waals surface area contributed by atoms with E-state index in [2.05, 4.69) is 16.5 Å². The molecule has 32 heavy (non-hydrogen) atoms. The molecule has 1 aliphatic rings. The summed E-state index contributed by atoms with van der Waals surface area (Å²) >= 11 is 0. The van der Waals surface area contributed by atoms with Crippen LogP contribution in [-0.4, -0.2) is 32.8 Å². The van der Waals surface area contributed by atoms with Gasteiger partial charge in [0, 0.05) is 35.9 Å². The van der Waals surface area contributed by atoms with Crippen molar-refractivity contribution in [2.75, 3.05) is 18.9 Å². The molecule has 1 aliphatic heterocycles. The van der Waals surface area contributed by atoms with Gasteiger partial charge in [0.25, 0.3) is 0 Å². The third-order valence-electron chi connectivity index (χ3n) is 5.67. The van der Waals surface area contributed by atoms with Crippen LogP contribution in [0.4, 0.5) is 10.1 Å². The molecule has 0 saturated carbocycles. The molecule has 0 radical (unpaired) electrons. The maximum absolute atomic E-state index is 13.4. The van der Waals surface area contributed by atoms with E-state index in [9.17, 15) is 4.39 Å². The van der Waals surface area contributed by atoms with E-state index in [-0.39, 0.29) is 12.0 Å². The van der Waals surface area contributed by atoms with Gasteiger partial charge >= 0.3 is 0 Å². The number of nitrogens with zero attached hydrogens (tertiary/aromatic N) is 3. The van der Waals surface area contributed by atoms with Gasteiger partial charge in [0.05, 0.1) is 18.0 Å². The van der Waals surface area contributed by atoms with Crippen LogP contribution in [0, 0.1) is 5.82 Å². The molecule has 0 spiro atoms. The molecule has 1 saturated heterocycles. The molecule has 4 aromatic rings. The Morgan fingerprint density at radius 1 is 1.12 bits per heavy atom. The molecular formula is C25H24FN5O. The molecule has 5 rings (SSSR count). The highest BCUT2D eigenvalue weighted by Crippen LogP contribution is 2.37. The third-order valence-corrected chi connectivity index (χ3v) is 5.67. The van der Waals surface area contributed by atoms with Gasteiger partial charge in [0.1, 0.15) is 11.5 Å². The second kappa shape index (κ2) is 8.36. The second-order valence-corrected chi connectivity index (χ2v) is 7.85. The summed E-state index contributed by atoms with van der Waals surface area (Å²) in [5, 5.41) is 4.80. The summed E-state index contributed by atoms with van der Waals surface area (Å²) < 4.78 is 21.3. The molecular weight excluding hydrogens is 405 g/mol. The third kappa shape index (κ3) is 3.90. The number of halogens is 1. The van der Waals surface area contributed by atoms with Crippen molar-refractivity contribution >= 4 is 5.69 Å². The first-order valence-electron chi connectivity index (χ1n) is 10.5. The van der Waals surface area contributed by atoms with E-state index in [4.69, 9.17) is 15.6 Å². The Hall–Kier alpha value is -3.84. The van der Waals surface area contributed by atoms with Crippen molar-refractivity contribution in [3.63, 3.8) is 0 Å². The first-order chi connectivity index (χ1) is 15.6. The van der Waals surface area contributed by atoms with Crippen LogP contribution in [0.15, 0.2) is 85.3 Å². The van der Waals surface area contributed by atoms with Crippen LogP contribution in [0.2, 0.25) is 0 Å². The van der Waals surface area contributed by atoms with Gasteiger partial charge in [-0.1, -0.05) is 18.7 Å². The Kier molecular flexibility index (Phi) is 5.25. The minimum Gasteiger partial charge on any atom is -0.399 e. The molecule has 0 bridgehead atoms. The average Bonchev–Trinajstić information content (AvgIpc) is 3.53. The number of nitrogens with one attached hydrogen (secondary N) is 1. The standard InChI is InChI=1S/C25H24FN5O/c1-17-16-32-25(30(17)14-12-18-4-8-20(27)9-5-18)22-15-31(21-10-6-19(26)7-11-21)29-24(22)23-3-2-13-28-23/h2-11,13,15,25,28H,1,12,14,16,27H2. The van der Waals surface area contributed by atoms with Crippen LogP contribution >= 0.6 is 0 Å². The lowest BCUT2D eigenvalue weighted by Gasteiger charge is -2.25. The fourth-order valence-corrected chi connectivity index (χ4v) is 3.96. The van der Waals surface area contributed by atoms with E-state index in [0.29, 0.717) is 6.61 Å². The summed E-state index contributed by atoms with van der Waals surface area (Å²) in [5.74, 6) is -0.282. The molecule has 6 nitrogen and oxygen atoms in total. The summed E-state index contributed by atoms with van der Waals surface area (Å²) in [6, 6.07) is 18.1. The molecule has 162 valence electrons. The Labute approximate surface area is 185 Å². The number of nitrogen functional groups attached to an aromatic ring is 1. The molecule has 1 unspecified atom stereocenters. The zero-order valence-corrected chi connectivity index (χ0v) is 17.5. The minimum absolute atomic E-state index is 0.282. The number of anilines is 1. The first-order valence-corrected chi connectivity index (χ1v) is 10.5. The van der Waals surface area contributed by atoms with Gasteiger partial charge in [0.15, 0.2) is 6.23 Å². The molecule has 0 amide bonds. The zero-order valence-electron chi connectivity index (χ0n) is 17.5. The van der Waals surface area contributed by atoms with Gasteiger partial charge < -0.3 is 20.4 Å². The maximum Gasteiger partial charge on any atom is 0.160 e.